The zero-order valence-corrected chi connectivity index (χ0v) is 27.8. The van der Waals surface area contributed by atoms with E-state index in [-0.39, 0.29) is 17.8 Å². The summed E-state index contributed by atoms with van der Waals surface area (Å²) in [6.45, 7) is 11.9. The summed E-state index contributed by atoms with van der Waals surface area (Å²) in [5, 5.41) is 48.9. The van der Waals surface area contributed by atoms with E-state index in [1.807, 2.05) is 19.9 Å². The maximum absolute atomic E-state index is 13.8. The first-order valence-electron chi connectivity index (χ1n) is 17.7. The molecule has 10 nitrogen and oxygen atoms in total. The summed E-state index contributed by atoms with van der Waals surface area (Å²) in [5.74, 6) is -4.73. The molecule has 4 heterocycles. The second-order valence-electron chi connectivity index (χ2n) is 16.0. The van der Waals surface area contributed by atoms with Gasteiger partial charge in [0.25, 0.3) is 0 Å². The molecule has 8 rings (SSSR count). The minimum absolute atomic E-state index is 0.0521. The largest absolute Gasteiger partial charge is 0.455 e. The van der Waals surface area contributed by atoms with Gasteiger partial charge in [-0.2, -0.15) is 0 Å². The van der Waals surface area contributed by atoms with Crippen LogP contribution in [0.1, 0.15) is 83.0 Å². The molecule has 7 fully saturated rings. The van der Waals surface area contributed by atoms with Gasteiger partial charge in [-0.15, -0.1) is 0 Å². The third kappa shape index (κ3) is 3.93. The Morgan fingerprint density at radius 1 is 1.00 bits per heavy atom. The van der Waals surface area contributed by atoms with Crippen LogP contribution in [0.3, 0.4) is 0 Å². The highest BCUT2D eigenvalue weighted by Crippen LogP contribution is 2.75. The van der Waals surface area contributed by atoms with E-state index in [1.54, 1.807) is 24.3 Å². The summed E-state index contributed by atoms with van der Waals surface area (Å²) >= 11 is 0. The van der Waals surface area contributed by atoms with Crippen molar-refractivity contribution < 1.29 is 48.9 Å². The number of ether oxygens (including phenoxy) is 5. The van der Waals surface area contributed by atoms with Gasteiger partial charge in [0.15, 0.2) is 0 Å². The molecule has 4 N–H and O–H groups in total. The van der Waals surface area contributed by atoms with Gasteiger partial charge in [-0.1, -0.05) is 77.7 Å². The van der Waals surface area contributed by atoms with Gasteiger partial charge in [0, 0.05) is 11.8 Å². The zero-order valence-electron chi connectivity index (χ0n) is 27.8. The monoisotopic (exact) mass is 654 g/mol. The number of carbonyl (C=O) groups excluding carboxylic acids is 1. The van der Waals surface area contributed by atoms with Crippen molar-refractivity contribution in [3.05, 3.63) is 48.0 Å². The number of fused-ring (bicyclic) bond motifs is 1. The average Bonchev–Trinajstić information content (AvgIpc) is 3.69. The van der Waals surface area contributed by atoms with Crippen LogP contribution in [-0.2, 0) is 23.7 Å². The minimum atomic E-state index is -2.09. The van der Waals surface area contributed by atoms with E-state index in [9.17, 15) is 25.2 Å². The number of hydrogen-bond donors (Lipinski definition) is 4. The van der Waals surface area contributed by atoms with Gasteiger partial charge in [-0.25, -0.2) is 4.79 Å². The van der Waals surface area contributed by atoms with Crippen molar-refractivity contribution >= 4 is 5.97 Å². The SMILES string of the molecule is C=C(C)C12C[C@@H](C)[C@@]34OC5(O[C@@H]1[C@@H]3[C@@H]1O[C@]1(CO)[C@@H](O)[C@@]1(O)[C@H]4[C@H]([C@H](C)[C@@H]1OC(=O)c1ccccc1)[C@@H](C)CCCCCC[C@H]5O)O2. The molecule has 1 aromatic carbocycles. The van der Waals surface area contributed by atoms with E-state index in [0.717, 1.165) is 37.7 Å². The maximum atomic E-state index is 13.8. The molecule has 4 aliphatic heterocycles. The molecule has 0 amide bonds. The maximum Gasteiger partial charge on any atom is 0.338 e. The summed E-state index contributed by atoms with van der Waals surface area (Å²) in [6.07, 6.45) is 0.0237. The van der Waals surface area contributed by atoms with Crippen LogP contribution in [-0.4, -0.2) is 91.9 Å². The molecule has 2 spiro atoms. The zero-order chi connectivity index (χ0) is 33.3. The summed E-state index contributed by atoms with van der Waals surface area (Å²) in [6, 6.07) is 8.65. The first kappa shape index (κ1) is 32.3. The second-order valence-corrected chi connectivity index (χ2v) is 16.0. The Bertz CT molecular complexity index is 1440. The lowest BCUT2D eigenvalue weighted by atomic mass is 9.51. The Morgan fingerprint density at radius 3 is 2.38 bits per heavy atom. The lowest BCUT2D eigenvalue weighted by molar-refractivity contribution is -0.458. The molecule has 258 valence electrons. The molecule has 47 heavy (non-hydrogen) atoms. The van der Waals surface area contributed by atoms with Gasteiger partial charge >= 0.3 is 11.9 Å². The number of epoxide rings is 1. The molecule has 3 aliphatic carbocycles. The van der Waals surface area contributed by atoms with Crippen LogP contribution >= 0.6 is 0 Å². The normalized spacial score (nSPS) is 54.3. The molecular formula is C37H50O10. The molecule has 0 radical (unpaired) electrons. The Hall–Kier alpha value is -1.89. The fourth-order valence-corrected chi connectivity index (χ4v) is 11.6. The van der Waals surface area contributed by atoms with Gasteiger partial charge in [-0.3, -0.25) is 0 Å². The molecule has 2 unspecified atom stereocenters. The second kappa shape index (κ2) is 10.6. The van der Waals surface area contributed by atoms with Crippen LogP contribution in [0.25, 0.3) is 0 Å². The number of aliphatic hydroxyl groups is 4. The summed E-state index contributed by atoms with van der Waals surface area (Å²) in [5.41, 5.74) is -4.83. The summed E-state index contributed by atoms with van der Waals surface area (Å²) in [4.78, 5) is 13.8. The van der Waals surface area contributed by atoms with Crippen molar-refractivity contribution in [3.63, 3.8) is 0 Å². The molecule has 4 saturated heterocycles. The number of esters is 1. The highest BCUT2D eigenvalue weighted by molar-refractivity contribution is 5.89. The first-order valence-corrected chi connectivity index (χ1v) is 17.7. The van der Waals surface area contributed by atoms with Crippen LogP contribution in [0.15, 0.2) is 42.5 Å². The van der Waals surface area contributed by atoms with Gasteiger partial charge in [0.05, 0.1) is 17.8 Å². The molecule has 7 aliphatic rings. The average molecular weight is 655 g/mol. The van der Waals surface area contributed by atoms with Crippen LogP contribution < -0.4 is 0 Å². The summed E-state index contributed by atoms with van der Waals surface area (Å²) in [7, 11) is 0. The molecule has 16 atom stereocenters. The van der Waals surface area contributed by atoms with Crippen LogP contribution in [0.4, 0.5) is 0 Å². The van der Waals surface area contributed by atoms with Crippen molar-refractivity contribution in [3.8, 4) is 0 Å². The van der Waals surface area contributed by atoms with E-state index in [1.165, 1.54) is 0 Å². The van der Waals surface area contributed by atoms with Crippen molar-refractivity contribution in [2.24, 2.45) is 35.5 Å². The molecule has 1 aromatic rings. The van der Waals surface area contributed by atoms with Crippen LogP contribution in [0.5, 0.6) is 0 Å². The van der Waals surface area contributed by atoms with Gasteiger partial charge in [0.1, 0.15) is 47.3 Å². The van der Waals surface area contributed by atoms with Crippen LogP contribution in [0.2, 0.25) is 0 Å². The van der Waals surface area contributed by atoms with E-state index in [4.69, 9.17) is 23.7 Å². The van der Waals surface area contributed by atoms with Crippen molar-refractivity contribution in [1.29, 1.82) is 0 Å². The third-order valence-corrected chi connectivity index (χ3v) is 13.7. The summed E-state index contributed by atoms with van der Waals surface area (Å²) < 4.78 is 33.7. The minimum Gasteiger partial charge on any atom is -0.455 e. The number of carbonyl (C=O) groups is 1. The molecular weight excluding hydrogens is 604 g/mol. The fourth-order valence-electron chi connectivity index (χ4n) is 11.6. The van der Waals surface area contributed by atoms with Crippen molar-refractivity contribution in [1.82, 2.24) is 0 Å². The molecule has 10 heteroatoms. The Morgan fingerprint density at radius 2 is 1.70 bits per heavy atom. The fraction of sp³-hybridized carbons (Fsp3) is 0.757. The standard InChI is InChI=1S/C37H50O10/c1-19(2)33-17-21(4)36-26-29(33)45-37(46-33,47-36)24(39)16-12-7-6-9-13-20(3)25-22(5)28(43-31(40)23-14-10-8-11-15-23)35(42,27(25)36)32(41)34(18-38)30(26)44-34/h8,10-11,14-15,20-22,24-30,32,38-39,41-42H,1,6-7,9,12-13,16-18H2,2-5H3/t20-,21+,22-,24+,25-,26+,27+,28-,29+,30-,32+,33?,34-,35+,36+,37?/m0/s1. The number of hydrogen-bond acceptors (Lipinski definition) is 10. The number of benzene rings is 1. The van der Waals surface area contributed by atoms with E-state index < -0.39 is 89.2 Å². The first-order chi connectivity index (χ1) is 22.3. The molecule has 0 aromatic heterocycles. The number of rotatable bonds is 4. The molecule has 3 bridgehead atoms. The topological polar surface area (TPSA) is 147 Å². The Labute approximate surface area is 276 Å². The van der Waals surface area contributed by atoms with Gasteiger partial charge < -0.3 is 44.1 Å². The highest BCUT2D eigenvalue weighted by atomic mass is 16.9. The van der Waals surface area contributed by atoms with Gasteiger partial charge in [0.2, 0.25) is 0 Å². The van der Waals surface area contributed by atoms with E-state index in [2.05, 4.69) is 20.4 Å². The number of aliphatic hydroxyl groups excluding tert-OH is 3. The smallest absolute Gasteiger partial charge is 0.338 e. The highest BCUT2D eigenvalue weighted by Gasteiger charge is 2.90. The van der Waals surface area contributed by atoms with Gasteiger partial charge in [-0.05, 0) is 61.1 Å². The Kier molecular flexibility index (Phi) is 7.26. The van der Waals surface area contributed by atoms with Crippen molar-refractivity contribution in [2.75, 3.05) is 6.61 Å². The predicted octanol–water partition coefficient (Wildman–Crippen LogP) is 3.49. The van der Waals surface area contributed by atoms with Crippen molar-refractivity contribution in [2.45, 2.75) is 132 Å². The lowest BCUT2D eigenvalue weighted by Crippen LogP contribution is -2.74. The van der Waals surface area contributed by atoms with E-state index >= 15 is 0 Å². The third-order valence-electron chi connectivity index (χ3n) is 13.7. The lowest BCUT2D eigenvalue weighted by Gasteiger charge is -2.62. The van der Waals surface area contributed by atoms with Crippen LogP contribution in [0, 0.1) is 35.5 Å². The quantitative estimate of drug-likeness (QED) is 0.216. The Balaban J connectivity index is 1.37. The molecule has 3 saturated carbocycles. The predicted molar refractivity (Wildman–Crippen MR) is 168 cm³/mol. The van der Waals surface area contributed by atoms with E-state index in [0.29, 0.717) is 18.4 Å².